The zero-order valence-corrected chi connectivity index (χ0v) is 14.1. The maximum atomic E-state index is 12.0. The molecule has 1 heterocycles. The molecule has 2 rings (SSSR count). The summed E-state index contributed by atoms with van der Waals surface area (Å²) >= 11 is 5.76. The molecule has 7 heteroatoms. The van der Waals surface area contributed by atoms with Crippen LogP contribution < -0.4 is 15.8 Å². The molecule has 6 nitrogen and oxygen atoms in total. The van der Waals surface area contributed by atoms with Crippen LogP contribution in [0.5, 0.6) is 5.75 Å². The Morgan fingerprint density at radius 3 is 2.58 bits per heavy atom. The van der Waals surface area contributed by atoms with E-state index in [1.807, 2.05) is 31.2 Å². The van der Waals surface area contributed by atoms with Gasteiger partial charge < -0.3 is 20.8 Å². The van der Waals surface area contributed by atoms with E-state index in [0.717, 1.165) is 11.3 Å². The Kier molecular flexibility index (Phi) is 6.26. The van der Waals surface area contributed by atoms with Gasteiger partial charge in [0.15, 0.2) is 0 Å². The van der Waals surface area contributed by atoms with Gasteiger partial charge in [0.25, 0.3) is 5.91 Å². The lowest BCUT2D eigenvalue weighted by atomic mass is 9.98. The molecule has 0 fully saturated rings. The summed E-state index contributed by atoms with van der Waals surface area (Å²) in [5.41, 5.74) is 6.73. The Morgan fingerprint density at radius 1 is 1.33 bits per heavy atom. The van der Waals surface area contributed by atoms with Gasteiger partial charge in [0, 0.05) is 12.7 Å². The van der Waals surface area contributed by atoms with E-state index < -0.39 is 11.8 Å². The van der Waals surface area contributed by atoms with Crippen molar-refractivity contribution in [2.45, 2.75) is 13.3 Å². The van der Waals surface area contributed by atoms with Crippen LogP contribution in [0.25, 0.3) is 0 Å². The summed E-state index contributed by atoms with van der Waals surface area (Å²) in [7, 11) is 0. The third-order valence-corrected chi connectivity index (χ3v) is 3.74. The van der Waals surface area contributed by atoms with Crippen molar-refractivity contribution in [2.24, 2.45) is 11.7 Å². The minimum absolute atomic E-state index is 0.151. The van der Waals surface area contributed by atoms with Gasteiger partial charge in [0.1, 0.15) is 11.4 Å². The molecule has 1 aromatic heterocycles. The summed E-state index contributed by atoms with van der Waals surface area (Å²) in [6.07, 6.45) is 1.95. The number of nitrogens with two attached hydrogens (primary N) is 1. The van der Waals surface area contributed by atoms with Crippen LogP contribution in [0.15, 0.2) is 36.5 Å². The number of halogens is 1. The van der Waals surface area contributed by atoms with Crippen molar-refractivity contribution in [1.29, 1.82) is 0 Å². The third kappa shape index (κ3) is 5.03. The second kappa shape index (κ2) is 8.40. The van der Waals surface area contributed by atoms with Gasteiger partial charge in [0.05, 0.1) is 17.5 Å². The largest absolute Gasteiger partial charge is 0.494 e. The molecule has 0 saturated heterocycles. The highest BCUT2D eigenvalue weighted by molar-refractivity contribution is 6.30. The first-order valence-electron chi connectivity index (χ1n) is 7.62. The van der Waals surface area contributed by atoms with Gasteiger partial charge >= 0.3 is 0 Å². The topological polar surface area (TPSA) is 97.2 Å². The van der Waals surface area contributed by atoms with Gasteiger partial charge in [-0.1, -0.05) is 23.7 Å². The minimum atomic E-state index is -0.502. The minimum Gasteiger partial charge on any atom is -0.494 e. The highest BCUT2D eigenvalue weighted by Crippen LogP contribution is 2.15. The summed E-state index contributed by atoms with van der Waals surface area (Å²) < 4.78 is 5.38. The van der Waals surface area contributed by atoms with Crippen LogP contribution in [0.4, 0.5) is 0 Å². The standard InChI is InChI=1S/C17H20ClN3O3/c1-2-24-14-5-3-11(4-6-14)7-12(16(19)22)9-21-17(23)15-8-13(18)10-20-15/h3-6,8,10,12,20H,2,7,9H2,1H3,(H2,19,22)(H,21,23). The maximum absolute atomic E-state index is 12.0. The first-order chi connectivity index (χ1) is 11.5. The molecule has 2 amide bonds. The number of aromatic nitrogens is 1. The van der Waals surface area contributed by atoms with Crippen molar-refractivity contribution >= 4 is 23.4 Å². The zero-order valence-electron chi connectivity index (χ0n) is 13.3. The number of nitrogens with one attached hydrogen (secondary N) is 2. The van der Waals surface area contributed by atoms with E-state index in [1.54, 1.807) is 0 Å². The Labute approximate surface area is 145 Å². The highest BCUT2D eigenvalue weighted by Gasteiger charge is 2.18. The number of rotatable bonds is 8. The van der Waals surface area contributed by atoms with Gasteiger partial charge in [-0.25, -0.2) is 0 Å². The second-order valence-electron chi connectivity index (χ2n) is 5.32. The lowest BCUT2D eigenvalue weighted by Crippen LogP contribution is -2.37. The molecule has 0 aliphatic carbocycles. The number of aromatic amines is 1. The van der Waals surface area contributed by atoms with Crippen LogP contribution in [0.2, 0.25) is 5.02 Å². The number of ether oxygens (including phenoxy) is 1. The number of benzene rings is 1. The van der Waals surface area contributed by atoms with Crippen LogP contribution in [-0.4, -0.2) is 29.9 Å². The highest BCUT2D eigenvalue weighted by atomic mass is 35.5. The number of hydrogen-bond acceptors (Lipinski definition) is 3. The van der Waals surface area contributed by atoms with E-state index in [4.69, 9.17) is 22.1 Å². The second-order valence-corrected chi connectivity index (χ2v) is 5.76. The van der Waals surface area contributed by atoms with Crippen molar-refractivity contribution in [1.82, 2.24) is 10.3 Å². The van der Waals surface area contributed by atoms with Crippen LogP contribution in [0.1, 0.15) is 23.0 Å². The van der Waals surface area contributed by atoms with E-state index in [0.29, 0.717) is 23.7 Å². The summed E-state index contributed by atoms with van der Waals surface area (Å²) in [6, 6.07) is 8.97. The predicted molar refractivity (Wildman–Crippen MR) is 92.1 cm³/mol. The number of primary amides is 1. The summed E-state index contributed by atoms with van der Waals surface area (Å²) in [5.74, 6) is -0.528. The van der Waals surface area contributed by atoms with Gasteiger partial charge in [-0.2, -0.15) is 0 Å². The molecule has 24 heavy (non-hydrogen) atoms. The van der Waals surface area contributed by atoms with Gasteiger partial charge in [-0.3, -0.25) is 9.59 Å². The van der Waals surface area contributed by atoms with Crippen molar-refractivity contribution < 1.29 is 14.3 Å². The van der Waals surface area contributed by atoms with Crippen molar-refractivity contribution in [3.63, 3.8) is 0 Å². The van der Waals surface area contributed by atoms with Gasteiger partial charge in [-0.15, -0.1) is 0 Å². The maximum Gasteiger partial charge on any atom is 0.267 e. The van der Waals surface area contributed by atoms with E-state index in [1.165, 1.54) is 12.3 Å². The molecule has 1 aromatic carbocycles. The number of H-pyrrole nitrogens is 1. The molecule has 0 aliphatic rings. The average Bonchev–Trinajstić information content (AvgIpc) is 2.99. The molecule has 0 saturated carbocycles. The normalized spacial score (nSPS) is 11.8. The fourth-order valence-electron chi connectivity index (χ4n) is 2.26. The molecule has 0 spiro atoms. The Balaban J connectivity index is 1.94. The molecule has 1 atom stereocenters. The third-order valence-electron chi connectivity index (χ3n) is 3.52. The van der Waals surface area contributed by atoms with Gasteiger partial charge in [0.2, 0.25) is 5.91 Å². The molecule has 0 radical (unpaired) electrons. The Hall–Kier alpha value is -2.47. The summed E-state index contributed by atoms with van der Waals surface area (Å²) in [6.45, 7) is 2.66. The molecular formula is C17H20ClN3O3. The smallest absolute Gasteiger partial charge is 0.267 e. The Bertz CT molecular complexity index is 697. The van der Waals surface area contributed by atoms with E-state index in [9.17, 15) is 9.59 Å². The van der Waals surface area contributed by atoms with Gasteiger partial charge in [-0.05, 0) is 37.1 Å². The number of amides is 2. The molecule has 128 valence electrons. The number of carbonyl (C=O) groups excluding carboxylic acids is 2. The summed E-state index contributed by atoms with van der Waals surface area (Å²) in [4.78, 5) is 26.4. The molecular weight excluding hydrogens is 330 g/mol. The molecule has 0 bridgehead atoms. The van der Waals surface area contributed by atoms with E-state index >= 15 is 0 Å². The van der Waals surface area contributed by atoms with Crippen LogP contribution in [0, 0.1) is 5.92 Å². The lowest BCUT2D eigenvalue weighted by molar-refractivity contribution is -0.121. The average molecular weight is 350 g/mol. The van der Waals surface area contributed by atoms with Crippen molar-refractivity contribution in [3.8, 4) is 5.75 Å². The quantitative estimate of drug-likeness (QED) is 0.681. The van der Waals surface area contributed by atoms with E-state index in [2.05, 4.69) is 10.3 Å². The van der Waals surface area contributed by atoms with Crippen molar-refractivity contribution in [2.75, 3.05) is 13.2 Å². The first kappa shape index (κ1) is 17.9. The molecule has 0 aliphatic heterocycles. The summed E-state index contributed by atoms with van der Waals surface area (Å²) in [5, 5.41) is 3.14. The van der Waals surface area contributed by atoms with Crippen LogP contribution in [-0.2, 0) is 11.2 Å². The number of carbonyl (C=O) groups is 2. The molecule has 1 unspecified atom stereocenters. The van der Waals surface area contributed by atoms with E-state index in [-0.39, 0.29) is 12.5 Å². The van der Waals surface area contributed by atoms with Crippen molar-refractivity contribution in [3.05, 3.63) is 52.8 Å². The zero-order chi connectivity index (χ0) is 17.5. The fourth-order valence-corrected chi connectivity index (χ4v) is 2.42. The SMILES string of the molecule is CCOc1ccc(CC(CNC(=O)c2cc(Cl)c[nH]2)C(N)=O)cc1. The lowest BCUT2D eigenvalue weighted by Gasteiger charge is -2.14. The molecule has 2 aromatic rings. The Morgan fingerprint density at radius 2 is 2.04 bits per heavy atom. The monoisotopic (exact) mass is 349 g/mol. The van der Waals surface area contributed by atoms with Crippen LogP contribution >= 0.6 is 11.6 Å². The fraction of sp³-hybridized carbons (Fsp3) is 0.294. The predicted octanol–water partition coefficient (Wildman–Crippen LogP) is 2.14. The van der Waals surface area contributed by atoms with Crippen LogP contribution in [0.3, 0.4) is 0 Å². The first-order valence-corrected chi connectivity index (χ1v) is 8.00. The number of hydrogen-bond donors (Lipinski definition) is 3. The molecule has 4 N–H and O–H groups in total.